The molecule has 3 aliphatic rings. The van der Waals surface area contributed by atoms with Gasteiger partial charge in [-0.15, -0.1) is 0 Å². The van der Waals surface area contributed by atoms with Crippen molar-refractivity contribution in [2.75, 3.05) is 36.0 Å². The number of pyridine rings is 1. The van der Waals surface area contributed by atoms with Gasteiger partial charge in [-0.25, -0.2) is 0 Å². The van der Waals surface area contributed by atoms with Gasteiger partial charge < -0.3 is 9.80 Å². The van der Waals surface area contributed by atoms with Crippen molar-refractivity contribution in [2.24, 2.45) is 5.41 Å². The van der Waals surface area contributed by atoms with E-state index in [9.17, 15) is 9.59 Å². The maximum atomic E-state index is 13.3. The zero-order valence-corrected chi connectivity index (χ0v) is 22.2. The highest BCUT2D eigenvalue weighted by Crippen LogP contribution is 2.46. The second-order valence-corrected chi connectivity index (χ2v) is 11.5. The van der Waals surface area contributed by atoms with Gasteiger partial charge in [0.2, 0.25) is 0 Å². The molecule has 0 atom stereocenters. The van der Waals surface area contributed by atoms with Crippen LogP contribution in [-0.4, -0.2) is 57.7 Å². The molecule has 2 fully saturated rings. The van der Waals surface area contributed by atoms with E-state index in [1.54, 1.807) is 23.1 Å². The van der Waals surface area contributed by atoms with E-state index in [0.717, 1.165) is 62.5 Å². The Kier molecular flexibility index (Phi) is 5.56. The fraction of sp³-hybridized carbons (Fsp3) is 0.429. The Morgan fingerprint density at radius 2 is 1.78 bits per heavy atom. The standard InChI is InChI=1S/C28H31ClN6O2/c1-4-34-16-19(13-31-34)25(36)32-9-7-28(8-10-32)17-33(18-28)21-12-22(15-30-14-21)35-26(37)23-6-5-20(29)11-24(23)27(35,2)3/h5-6,11-16H,4,7-10,17-18H2,1-3H3. The summed E-state index contributed by atoms with van der Waals surface area (Å²) in [6, 6.07) is 7.53. The quantitative estimate of drug-likeness (QED) is 0.505. The normalized spacial score (nSPS) is 19.8. The number of aromatic nitrogens is 3. The largest absolute Gasteiger partial charge is 0.369 e. The molecule has 8 nitrogen and oxygen atoms in total. The molecule has 1 aromatic carbocycles. The van der Waals surface area contributed by atoms with Gasteiger partial charge in [0.1, 0.15) is 0 Å². The number of carbonyl (C=O) groups is 2. The van der Waals surface area contributed by atoms with Crippen molar-refractivity contribution in [1.29, 1.82) is 0 Å². The van der Waals surface area contributed by atoms with Crippen LogP contribution in [0, 0.1) is 5.41 Å². The summed E-state index contributed by atoms with van der Waals surface area (Å²) in [6.45, 7) is 10.2. The van der Waals surface area contributed by atoms with Gasteiger partial charge in [-0.05, 0) is 63.4 Å². The number of halogens is 1. The van der Waals surface area contributed by atoms with Crippen molar-refractivity contribution < 1.29 is 9.59 Å². The number of nitrogens with zero attached hydrogens (tertiary/aromatic N) is 6. The third-order valence-electron chi connectivity index (χ3n) is 8.33. The summed E-state index contributed by atoms with van der Waals surface area (Å²) in [6.07, 6.45) is 9.10. The van der Waals surface area contributed by atoms with Crippen molar-refractivity contribution in [3.63, 3.8) is 0 Å². The Morgan fingerprint density at radius 1 is 1.05 bits per heavy atom. The molecule has 0 bridgehead atoms. The number of benzene rings is 1. The molecule has 1 spiro atoms. The molecule has 0 N–H and O–H groups in total. The van der Waals surface area contributed by atoms with E-state index in [-0.39, 0.29) is 17.2 Å². The summed E-state index contributed by atoms with van der Waals surface area (Å²) in [5.74, 6) is 0.0417. The molecule has 2 amide bonds. The van der Waals surface area contributed by atoms with Gasteiger partial charge in [-0.1, -0.05) is 11.6 Å². The second-order valence-electron chi connectivity index (χ2n) is 11.0. The number of hydrogen-bond donors (Lipinski definition) is 0. The number of carbonyl (C=O) groups excluding carboxylic acids is 2. The maximum absolute atomic E-state index is 13.3. The fourth-order valence-corrected chi connectivity index (χ4v) is 6.30. The van der Waals surface area contributed by atoms with Crippen LogP contribution in [-0.2, 0) is 12.1 Å². The number of anilines is 2. The predicted octanol–water partition coefficient (Wildman–Crippen LogP) is 4.59. The van der Waals surface area contributed by atoms with E-state index in [0.29, 0.717) is 16.1 Å². The van der Waals surface area contributed by atoms with Crippen molar-refractivity contribution in [3.05, 3.63) is 70.8 Å². The van der Waals surface area contributed by atoms with Crippen molar-refractivity contribution in [2.45, 2.75) is 45.7 Å². The van der Waals surface area contributed by atoms with Crippen molar-refractivity contribution in [3.8, 4) is 0 Å². The SMILES string of the molecule is CCn1cc(C(=O)N2CCC3(CC2)CN(c2cncc(N4C(=O)c5ccc(Cl)cc5C4(C)C)c2)C3)cn1. The molecular formula is C28H31ClN6O2. The van der Waals surface area contributed by atoms with Gasteiger partial charge in [-0.3, -0.25) is 24.2 Å². The van der Waals surface area contributed by atoms with Gasteiger partial charge >= 0.3 is 0 Å². The first kappa shape index (κ1) is 24.0. The van der Waals surface area contributed by atoms with Gasteiger partial charge in [0.05, 0.1) is 41.1 Å². The zero-order chi connectivity index (χ0) is 25.9. The van der Waals surface area contributed by atoms with E-state index in [1.807, 2.05) is 55.1 Å². The third kappa shape index (κ3) is 3.89. The minimum atomic E-state index is -0.527. The van der Waals surface area contributed by atoms with E-state index >= 15 is 0 Å². The van der Waals surface area contributed by atoms with Gasteiger partial charge in [0.15, 0.2) is 0 Å². The number of hydrogen-bond acceptors (Lipinski definition) is 5. The lowest BCUT2D eigenvalue weighted by Crippen LogP contribution is -2.61. The molecule has 2 saturated heterocycles. The molecule has 0 unspecified atom stereocenters. The highest BCUT2D eigenvalue weighted by molar-refractivity contribution is 6.31. The molecule has 37 heavy (non-hydrogen) atoms. The number of amides is 2. The molecule has 3 aromatic rings. The first-order valence-electron chi connectivity index (χ1n) is 12.9. The molecule has 0 aliphatic carbocycles. The van der Waals surface area contributed by atoms with Crippen LogP contribution in [0.3, 0.4) is 0 Å². The molecule has 3 aliphatic heterocycles. The van der Waals surface area contributed by atoms with Crippen LogP contribution in [0.5, 0.6) is 0 Å². The Hall–Kier alpha value is -3.39. The summed E-state index contributed by atoms with van der Waals surface area (Å²) < 4.78 is 1.79. The Bertz CT molecular complexity index is 1380. The minimum absolute atomic E-state index is 0.0304. The third-order valence-corrected chi connectivity index (χ3v) is 8.57. The maximum Gasteiger partial charge on any atom is 0.259 e. The van der Waals surface area contributed by atoms with E-state index in [2.05, 4.69) is 21.0 Å². The topological polar surface area (TPSA) is 74.6 Å². The summed E-state index contributed by atoms with van der Waals surface area (Å²) in [5, 5.41) is 4.87. The number of likely N-dealkylation sites (tertiary alicyclic amines) is 1. The summed E-state index contributed by atoms with van der Waals surface area (Å²) in [4.78, 5) is 36.8. The fourth-order valence-electron chi connectivity index (χ4n) is 6.13. The predicted molar refractivity (Wildman–Crippen MR) is 143 cm³/mol. The van der Waals surface area contributed by atoms with Crippen molar-refractivity contribution >= 4 is 34.8 Å². The monoisotopic (exact) mass is 518 g/mol. The molecule has 5 heterocycles. The van der Waals surface area contributed by atoms with Crippen molar-refractivity contribution in [1.82, 2.24) is 19.7 Å². The van der Waals surface area contributed by atoms with Crippen LogP contribution < -0.4 is 9.80 Å². The van der Waals surface area contributed by atoms with Crippen LogP contribution in [0.25, 0.3) is 0 Å². The lowest BCUT2D eigenvalue weighted by molar-refractivity contribution is 0.0502. The lowest BCUT2D eigenvalue weighted by Gasteiger charge is -2.55. The van der Waals surface area contributed by atoms with Crippen LogP contribution in [0.1, 0.15) is 59.9 Å². The van der Waals surface area contributed by atoms with Crippen LogP contribution in [0.2, 0.25) is 5.02 Å². The number of fused-ring (bicyclic) bond motifs is 1. The highest BCUT2D eigenvalue weighted by atomic mass is 35.5. The molecule has 6 rings (SSSR count). The van der Waals surface area contributed by atoms with E-state index < -0.39 is 5.54 Å². The number of aryl methyl sites for hydroxylation is 1. The van der Waals surface area contributed by atoms with Gasteiger partial charge in [0, 0.05) is 54.9 Å². The summed E-state index contributed by atoms with van der Waals surface area (Å²) in [7, 11) is 0. The molecule has 0 radical (unpaired) electrons. The Balaban J connectivity index is 1.13. The van der Waals surface area contributed by atoms with E-state index in [1.165, 1.54) is 0 Å². The Labute approximate surface area is 221 Å². The molecule has 9 heteroatoms. The average molecular weight is 519 g/mol. The highest BCUT2D eigenvalue weighted by Gasteiger charge is 2.47. The zero-order valence-electron chi connectivity index (χ0n) is 21.4. The number of rotatable bonds is 4. The molecule has 192 valence electrons. The number of piperidine rings is 1. The van der Waals surface area contributed by atoms with Crippen LogP contribution in [0.15, 0.2) is 49.1 Å². The van der Waals surface area contributed by atoms with Crippen LogP contribution in [0.4, 0.5) is 11.4 Å². The average Bonchev–Trinajstić information content (AvgIpc) is 3.43. The first-order valence-corrected chi connectivity index (χ1v) is 13.2. The lowest BCUT2D eigenvalue weighted by atomic mass is 9.71. The summed E-state index contributed by atoms with van der Waals surface area (Å²) in [5.41, 5.74) is 3.78. The van der Waals surface area contributed by atoms with Crippen LogP contribution >= 0.6 is 11.6 Å². The van der Waals surface area contributed by atoms with Gasteiger partial charge in [0.25, 0.3) is 11.8 Å². The minimum Gasteiger partial charge on any atom is -0.369 e. The Morgan fingerprint density at radius 3 is 2.49 bits per heavy atom. The first-order chi connectivity index (χ1) is 17.7. The van der Waals surface area contributed by atoms with E-state index in [4.69, 9.17) is 11.6 Å². The molecule has 2 aromatic heterocycles. The molecular weight excluding hydrogens is 488 g/mol. The van der Waals surface area contributed by atoms with Gasteiger partial charge in [-0.2, -0.15) is 5.10 Å². The second kappa shape index (κ2) is 8.58. The molecule has 0 saturated carbocycles. The smallest absolute Gasteiger partial charge is 0.259 e. The summed E-state index contributed by atoms with van der Waals surface area (Å²) >= 11 is 6.25.